The summed E-state index contributed by atoms with van der Waals surface area (Å²) in [7, 11) is 1.30. The number of nitrogens with zero attached hydrogens (tertiary/aromatic N) is 2. The second-order valence-electron chi connectivity index (χ2n) is 4.73. The number of aromatic nitrogens is 3. The Morgan fingerprint density at radius 1 is 1.30 bits per heavy atom. The third kappa shape index (κ3) is 2.60. The average molecular weight is 430 g/mol. The zero-order chi connectivity index (χ0) is 16.7. The van der Waals surface area contributed by atoms with Crippen molar-refractivity contribution in [3.8, 4) is 0 Å². The standard InChI is InChI=1S/C14H9F2IN4O2/c1-21-12-9(13(22)19-5-18-12)11(10(16)14(21)23)20-8-3-2-6(17)4-7(8)15/h2-5,20H,1H3,(H,18,19,22). The van der Waals surface area contributed by atoms with Crippen molar-refractivity contribution in [3.05, 3.63) is 60.4 Å². The monoisotopic (exact) mass is 430 g/mol. The van der Waals surface area contributed by atoms with Crippen molar-refractivity contribution < 1.29 is 8.78 Å². The molecule has 0 amide bonds. The maximum absolute atomic E-state index is 14.4. The normalized spacial score (nSPS) is 11.0. The highest BCUT2D eigenvalue weighted by Gasteiger charge is 2.19. The fourth-order valence-electron chi connectivity index (χ4n) is 2.17. The highest BCUT2D eigenvalue weighted by Crippen LogP contribution is 2.26. The number of aryl methyl sites for hydroxylation is 1. The molecular formula is C14H9F2IN4O2. The lowest BCUT2D eigenvalue weighted by Gasteiger charge is -2.12. The van der Waals surface area contributed by atoms with E-state index in [-0.39, 0.29) is 16.7 Å². The molecule has 0 unspecified atom stereocenters. The number of anilines is 2. The van der Waals surface area contributed by atoms with Gasteiger partial charge in [0, 0.05) is 10.6 Å². The summed E-state index contributed by atoms with van der Waals surface area (Å²) in [6, 6.07) is 4.24. The van der Waals surface area contributed by atoms with Gasteiger partial charge < -0.3 is 10.3 Å². The molecule has 0 spiro atoms. The van der Waals surface area contributed by atoms with Gasteiger partial charge in [0.15, 0.2) is 5.65 Å². The van der Waals surface area contributed by atoms with Crippen molar-refractivity contribution in [2.24, 2.45) is 7.05 Å². The molecule has 2 heterocycles. The molecule has 9 heteroatoms. The molecule has 2 aromatic heterocycles. The summed E-state index contributed by atoms with van der Waals surface area (Å²) < 4.78 is 29.9. The van der Waals surface area contributed by atoms with Crippen LogP contribution in [0, 0.1) is 15.2 Å². The maximum Gasteiger partial charge on any atom is 0.290 e. The number of H-pyrrole nitrogens is 1. The summed E-state index contributed by atoms with van der Waals surface area (Å²) in [5.74, 6) is -1.82. The van der Waals surface area contributed by atoms with Gasteiger partial charge in [-0.25, -0.2) is 9.37 Å². The third-order valence-corrected chi connectivity index (χ3v) is 3.97. The van der Waals surface area contributed by atoms with E-state index < -0.39 is 28.4 Å². The lowest BCUT2D eigenvalue weighted by atomic mass is 10.2. The molecule has 2 N–H and O–H groups in total. The second-order valence-corrected chi connectivity index (χ2v) is 5.98. The van der Waals surface area contributed by atoms with E-state index in [9.17, 15) is 18.4 Å². The Hall–Kier alpha value is -2.30. The number of rotatable bonds is 2. The van der Waals surface area contributed by atoms with Crippen molar-refractivity contribution in [2.75, 3.05) is 5.32 Å². The molecule has 0 saturated heterocycles. The van der Waals surface area contributed by atoms with Crippen molar-refractivity contribution in [1.82, 2.24) is 14.5 Å². The molecule has 6 nitrogen and oxygen atoms in total. The fraction of sp³-hybridized carbons (Fsp3) is 0.0714. The van der Waals surface area contributed by atoms with E-state index in [0.717, 1.165) is 10.9 Å². The number of hydrogen-bond donors (Lipinski definition) is 2. The van der Waals surface area contributed by atoms with E-state index in [0.29, 0.717) is 3.57 Å². The smallest absolute Gasteiger partial charge is 0.290 e. The first kappa shape index (κ1) is 15.6. The summed E-state index contributed by atoms with van der Waals surface area (Å²) in [5.41, 5.74) is -2.07. The molecule has 3 aromatic rings. The van der Waals surface area contributed by atoms with Gasteiger partial charge in [-0.15, -0.1) is 0 Å². The van der Waals surface area contributed by atoms with E-state index >= 15 is 0 Å². The first-order valence-electron chi connectivity index (χ1n) is 6.38. The van der Waals surface area contributed by atoms with E-state index in [1.807, 2.05) is 22.6 Å². The Morgan fingerprint density at radius 2 is 2.04 bits per heavy atom. The Morgan fingerprint density at radius 3 is 2.74 bits per heavy atom. The molecule has 23 heavy (non-hydrogen) atoms. The summed E-state index contributed by atoms with van der Waals surface area (Å²) in [6.45, 7) is 0. The van der Waals surface area contributed by atoms with E-state index in [1.54, 1.807) is 6.07 Å². The van der Waals surface area contributed by atoms with Crippen LogP contribution < -0.4 is 16.4 Å². The molecule has 0 fully saturated rings. The highest BCUT2D eigenvalue weighted by atomic mass is 127. The SMILES string of the molecule is Cn1c(=O)c(F)c(Nc2ccc(I)cc2F)c2c(=O)[nH]cnc21. The summed E-state index contributed by atoms with van der Waals surface area (Å²) in [6.07, 6.45) is 1.11. The number of aromatic amines is 1. The molecule has 118 valence electrons. The van der Waals surface area contributed by atoms with Crippen LogP contribution in [0.5, 0.6) is 0 Å². The minimum atomic E-state index is -1.18. The van der Waals surface area contributed by atoms with Crippen molar-refractivity contribution in [3.63, 3.8) is 0 Å². The molecule has 0 aliphatic heterocycles. The second kappa shape index (κ2) is 5.72. The van der Waals surface area contributed by atoms with Crippen molar-refractivity contribution >= 4 is 45.0 Å². The van der Waals surface area contributed by atoms with Crippen molar-refractivity contribution in [2.45, 2.75) is 0 Å². The quantitative estimate of drug-likeness (QED) is 0.612. The summed E-state index contributed by atoms with van der Waals surface area (Å²) >= 11 is 1.93. The van der Waals surface area contributed by atoms with Gasteiger partial charge in [0.2, 0.25) is 5.82 Å². The van der Waals surface area contributed by atoms with Crippen LogP contribution in [0.2, 0.25) is 0 Å². The van der Waals surface area contributed by atoms with Crippen LogP contribution in [0.25, 0.3) is 11.0 Å². The van der Waals surface area contributed by atoms with E-state index in [1.165, 1.54) is 19.2 Å². The summed E-state index contributed by atoms with van der Waals surface area (Å²) in [5, 5.41) is 2.33. The van der Waals surface area contributed by atoms with Gasteiger partial charge in [0.1, 0.15) is 11.2 Å². The minimum Gasteiger partial charge on any atom is -0.350 e. The molecule has 0 radical (unpaired) electrons. The van der Waals surface area contributed by atoms with Gasteiger partial charge in [-0.05, 0) is 40.8 Å². The number of benzene rings is 1. The number of nitrogens with one attached hydrogen (secondary N) is 2. The largest absolute Gasteiger partial charge is 0.350 e. The molecule has 1 aromatic carbocycles. The van der Waals surface area contributed by atoms with E-state index in [2.05, 4.69) is 15.3 Å². The molecular weight excluding hydrogens is 421 g/mol. The van der Waals surface area contributed by atoms with Crippen LogP contribution in [0.3, 0.4) is 0 Å². The van der Waals surface area contributed by atoms with Crippen LogP contribution in [0.15, 0.2) is 34.1 Å². The lowest BCUT2D eigenvalue weighted by molar-refractivity contribution is 0.598. The van der Waals surface area contributed by atoms with Gasteiger partial charge in [-0.1, -0.05) is 0 Å². The zero-order valence-electron chi connectivity index (χ0n) is 11.7. The number of hydrogen-bond acceptors (Lipinski definition) is 4. The Balaban J connectivity index is 2.33. The Labute approximate surface area is 141 Å². The molecule has 0 aliphatic rings. The van der Waals surface area contributed by atoms with Gasteiger partial charge in [-0.2, -0.15) is 4.39 Å². The first-order valence-corrected chi connectivity index (χ1v) is 7.46. The predicted molar refractivity (Wildman–Crippen MR) is 90.0 cm³/mol. The summed E-state index contributed by atoms with van der Waals surface area (Å²) in [4.78, 5) is 30.2. The molecule has 0 saturated carbocycles. The van der Waals surface area contributed by atoms with Crippen LogP contribution >= 0.6 is 22.6 Å². The Bertz CT molecular complexity index is 1050. The van der Waals surface area contributed by atoms with Gasteiger partial charge in [0.05, 0.1) is 17.7 Å². The molecule has 0 atom stereocenters. The minimum absolute atomic E-state index is 0.00595. The zero-order valence-corrected chi connectivity index (χ0v) is 13.8. The Kier molecular flexibility index (Phi) is 3.88. The predicted octanol–water partition coefficient (Wildman–Crippen LogP) is 2.25. The molecule has 0 bridgehead atoms. The number of fused-ring (bicyclic) bond motifs is 1. The first-order chi connectivity index (χ1) is 10.9. The van der Waals surface area contributed by atoms with Gasteiger partial charge in [0.25, 0.3) is 11.1 Å². The average Bonchev–Trinajstić information content (AvgIpc) is 2.51. The van der Waals surface area contributed by atoms with Crippen molar-refractivity contribution in [1.29, 1.82) is 0 Å². The van der Waals surface area contributed by atoms with Gasteiger partial charge in [-0.3, -0.25) is 14.2 Å². The molecule has 3 rings (SSSR count). The third-order valence-electron chi connectivity index (χ3n) is 3.30. The fourth-order valence-corrected chi connectivity index (χ4v) is 2.63. The van der Waals surface area contributed by atoms with Crippen LogP contribution in [-0.4, -0.2) is 14.5 Å². The maximum atomic E-state index is 14.4. The van der Waals surface area contributed by atoms with E-state index in [4.69, 9.17) is 0 Å². The van der Waals surface area contributed by atoms with Crippen LogP contribution in [0.1, 0.15) is 0 Å². The highest BCUT2D eigenvalue weighted by molar-refractivity contribution is 14.1. The lowest BCUT2D eigenvalue weighted by Crippen LogP contribution is -2.26. The topological polar surface area (TPSA) is 79.8 Å². The van der Waals surface area contributed by atoms with Crippen LogP contribution in [0.4, 0.5) is 20.2 Å². The number of halogens is 3. The number of pyridine rings is 1. The van der Waals surface area contributed by atoms with Crippen LogP contribution in [-0.2, 0) is 7.05 Å². The van der Waals surface area contributed by atoms with Gasteiger partial charge >= 0.3 is 0 Å². The molecule has 0 aliphatic carbocycles.